The van der Waals surface area contributed by atoms with Gasteiger partial charge in [-0.25, -0.2) is 4.98 Å². The van der Waals surface area contributed by atoms with E-state index >= 15 is 0 Å². The van der Waals surface area contributed by atoms with E-state index < -0.39 is 5.95 Å². The second-order valence-corrected chi connectivity index (χ2v) is 3.39. The van der Waals surface area contributed by atoms with E-state index in [4.69, 9.17) is 0 Å². The Bertz CT molecular complexity index is 348. The van der Waals surface area contributed by atoms with Crippen LogP contribution in [0.4, 0.5) is 10.2 Å². The highest BCUT2D eigenvalue weighted by Gasteiger charge is 2.14. The number of carbonyl (C=O) groups excluding carboxylic acids is 1. The van der Waals surface area contributed by atoms with E-state index in [1.807, 2.05) is 4.90 Å². The molecule has 0 aromatic carbocycles. The van der Waals surface area contributed by atoms with Crippen molar-refractivity contribution in [2.45, 2.75) is 12.8 Å². The number of aldehydes is 1. The van der Waals surface area contributed by atoms with Crippen LogP contribution in [-0.2, 0) is 0 Å². The van der Waals surface area contributed by atoms with Crippen molar-refractivity contribution in [3.05, 3.63) is 23.6 Å². The van der Waals surface area contributed by atoms with E-state index in [0.717, 1.165) is 32.0 Å². The van der Waals surface area contributed by atoms with Crippen LogP contribution in [0, 0.1) is 5.95 Å². The van der Waals surface area contributed by atoms with Crippen LogP contribution in [0.15, 0.2) is 12.1 Å². The van der Waals surface area contributed by atoms with E-state index in [-0.39, 0.29) is 0 Å². The van der Waals surface area contributed by atoms with Crippen LogP contribution in [0.5, 0.6) is 0 Å². The first-order valence-corrected chi connectivity index (χ1v) is 4.67. The minimum atomic E-state index is -0.587. The van der Waals surface area contributed by atoms with E-state index in [1.165, 1.54) is 0 Å². The van der Waals surface area contributed by atoms with Gasteiger partial charge in [-0.3, -0.25) is 4.79 Å². The summed E-state index contributed by atoms with van der Waals surface area (Å²) >= 11 is 0. The molecule has 0 amide bonds. The average Bonchev–Trinajstić information content (AvgIpc) is 2.69. The first-order valence-electron chi connectivity index (χ1n) is 4.67. The van der Waals surface area contributed by atoms with Crippen molar-refractivity contribution in [2.24, 2.45) is 0 Å². The fourth-order valence-electron chi connectivity index (χ4n) is 1.68. The van der Waals surface area contributed by atoms with Gasteiger partial charge in [-0.1, -0.05) is 0 Å². The fraction of sp³-hybridized carbons (Fsp3) is 0.400. The Morgan fingerprint density at radius 3 is 2.71 bits per heavy atom. The van der Waals surface area contributed by atoms with Crippen LogP contribution < -0.4 is 4.90 Å². The highest BCUT2D eigenvalue weighted by Crippen LogP contribution is 2.18. The Labute approximate surface area is 81.6 Å². The molecule has 1 fully saturated rings. The molecule has 1 aromatic rings. The normalized spacial score (nSPS) is 15.9. The smallest absolute Gasteiger partial charge is 0.215 e. The number of rotatable bonds is 2. The molecule has 0 spiro atoms. The number of hydrogen-bond acceptors (Lipinski definition) is 3. The topological polar surface area (TPSA) is 33.2 Å². The lowest BCUT2D eigenvalue weighted by molar-refractivity contribution is 0.112. The molecular weight excluding hydrogens is 183 g/mol. The summed E-state index contributed by atoms with van der Waals surface area (Å²) in [5.41, 5.74) is 0.347. The molecule has 0 aliphatic carbocycles. The molecule has 0 atom stereocenters. The molecule has 1 aromatic heterocycles. The van der Waals surface area contributed by atoms with E-state index in [0.29, 0.717) is 17.7 Å². The van der Waals surface area contributed by atoms with Gasteiger partial charge in [0.15, 0.2) is 0 Å². The van der Waals surface area contributed by atoms with Crippen LogP contribution in [0.25, 0.3) is 0 Å². The minimum absolute atomic E-state index is 0.347. The predicted octanol–water partition coefficient (Wildman–Crippen LogP) is 1.63. The van der Waals surface area contributed by atoms with Gasteiger partial charge in [-0.2, -0.15) is 4.39 Å². The average molecular weight is 194 g/mol. The molecule has 14 heavy (non-hydrogen) atoms. The van der Waals surface area contributed by atoms with Gasteiger partial charge in [0.05, 0.1) is 0 Å². The molecule has 0 saturated carbocycles. The first kappa shape index (κ1) is 9.12. The van der Waals surface area contributed by atoms with E-state index in [1.54, 1.807) is 6.07 Å². The maximum Gasteiger partial charge on any atom is 0.215 e. The molecule has 1 aliphatic rings. The molecule has 4 heteroatoms. The summed E-state index contributed by atoms with van der Waals surface area (Å²) in [6.07, 6.45) is 2.85. The molecule has 0 unspecified atom stereocenters. The Morgan fingerprint density at radius 1 is 1.36 bits per heavy atom. The van der Waals surface area contributed by atoms with Gasteiger partial charge in [0.1, 0.15) is 12.1 Å². The van der Waals surface area contributed by atoms with Crippen molar-refractivity contribution >= 4 is 12.1 Å². The molecule has 1 saturated heterocycles. The third-order valence-corrected chi connectivity index (χ3v) is 2.37. The van der Waals surface area contributed by atoms with Crippen molar-refractivity contribution in [3.8, 4) is 0 Å². The summed E-state index contributed by atoms with van der Waals surface area (Å²) in [7, 11) is 0. The van der Waals surface area contributed by atoms with Gasteiger partial charge < -0.3 is 4.90 Å². The molecular formula is C10H11FN2O. The van der Waals surface area contributed by atoms with Crippen molar-refractivity contribution in [1.82, 2.24) is 4.98 Å². The molecule has 3 nitrogen and oxygen atoms in total. The summed E-state index contributed by atoms with van der Waals surface area (Å²) in [4.78, 5) is 16.3. The number of anilines is 1. The van der Waals surface area contributed by atoms with Gasteiger partial charge in [-0.15, -0.1) is 0 Å². The van der Waals surface area contributed by atoms with Crippen LogP contribution >= 0.6 is 0 Å². The number of pyridine rings is 1. The maximum absolute atomic E-state index is 13.0. The summed E-state index contributed by atoms with van der Waals surface area (Å²) in [5.74, 6) is -0.0129. The fourth-order valence-corrected chi connectivity index (χ4v) is 1.68. The Hall–Kier alpha value is -1.45. The molecule has 0 bridgehead atoms. The lowest BCUT2D eigenvalue weighted by Crippen LogP contribution is -2.19. The second kappa shape index (κ2) is 3.74. The third kappa shape index (κ3) is 1.73. The van der Waals surface area contributed by atoms with Gasteiger partial charge in [0.25, 0.3) is 0 Å². The van der Waals surface area contributed by atoms with Gasteiger partial charge in [0, 0.05) is 24.7 Å². The van der Waals surface area contributed by atoms with E-state index in [2.05, 4.69) is 4.98 Å². The Kier molecular flexibility index (Phi) is 2.43. The van der Waals surface area contributed by atoms with Gasteiger partial charge >= 0.3 is 0 Å². The summed E-state index contributed by atoms with van der Waals surface area (Å²) in [6.45, 7) is 1.80. The largest absolute Gasteiger partial charge is 0.357 e. The molecule has 2 heterocycles. The van der Waals surface area contributed by atoms with Crippen LogP contribution in [0.2, 0.25) is 0 Å². The highest BCUT2D eigenvalue weighted by molar-refractivity contribution is 5.76. The van der Waals surface area contributed by atoms with Gasteiger partial charge in [0.2, 0.25) is 5.95 Å². The molecule has 0 N–H and O–H groups in total. The predicted molar refractivity (Wildman–Crippen MR) is 51.0 cm³/mol. The van der Waals surface area contributed by atoms with E-state index in [9.17, 15) is 9.18 Å². The number of nitrogens with zero attached hydrogens (tertiary/aromatic N) is 2. The van der Waals surface area contributed by atoms with Crippen LogP contribution in [-0.4, -0.2) is 24.4 Å². The SMILES string of the molecule is O=Cc1cc(F)nc(N2CCCC2)c1. The third-order valence-electron chi connectivity index (χ3n) is 2.37. The Balaban J connectivity index is 2.31. The summed E-state index contributed by atoms with van der Waals surface area (Å²) < 4.78 is 13.0. The van der Waals surface area contributed by atoms with Crippen molar-refractivity contribution in [2.75, 3.05) is 18.0 Å². The second-order valence-electron chi connectivity index (χ2n) is 3.39. The molecule has 1 aliphatic heterocycles. The van der Waals surface area contributed by atoms with Crippen molar-refractivity contribution < 1.29 is 9.18 Å². The maximum atomic E-state index is 13.0. The zero-order chi connectivity index (χ0) is 9.97. The number of hydrogen-bond donors (Lipinski definition) is 0. The zero-order valence-electron chi connectivity index (χ0n) is 7.74. The molecule has 0 radical (unpaired) electrons. The highest BCUT2D eigenvalue weighted by atomic mass is 19.1. The minimum Gasteiger partial charge on any atom is -0.357 e. The zero-order valence-corrected chi connectivity index (χ0v) is 7.74. The van der Waals surface area contributed by atoms with Crippen molar-refractivity contribution in [3.63, 3.8) is 0 Å². The monoisotopic (exact) mass is 194 g/mol. The van der Waals surface area contributed by atoms with Crippen LogP contribution in [0.1, 0.15) is 23.2 Å². The lowest BCUT2D eigenvalue weighted by atomic mass is 10.3. The first-order chi connectivity index (χ1) is 6.79. The molecule has 2 rings (SSSR count). The van der Waals surface area contributed by atoms with Crippen molar-refractivity contribution in [1.29, 1.82) is 0 Å². The Morgan fingerprint density at radius 2 is 2.07 bits per heavy atom. The summed E-state index contributed by atoms with van der Waals surface area (Å²) in [6, 6.07) is 2.77. The van der Waals surface area contributed by atoms with Crippen LogP contribution in [0.3, 0.4) is 0 Å². The number of carbonyl (C=O) groups is 1. The quantitative estimate of drug-likeness (QED) is 0.530. The number of halogens is 1. The lowest BCUT2D eigenvalue weighted by Gasteiger charge is -2.16. The molecule has 74 valence electrons. The number of aromatic nitrogens is 1. The van der Waals surface area contributed by atoms with Gasteiger partial charge in [-0.05, 0) is 18.9 Å². The summed E-state index contributed by atoms with van der Waals surface area (Å²) in [5, 5.41) is 0. The standard InChI is InChI=1S/C10H11FN2O/c11-9-5-8(7-14)6-10(12-9)13-3-1-2-4-13/h5-7H,1-4H2.